The summed E-state index contributed by atoms with van der Waals surface area (Å²) in [5.74, 6) is 0.650. The van der Waals surface area contributed by atoms with Gasteiger partial charge in [0, 0.05) is 42.9 Å². The summed E-state index contributed by atoms with van der Waals surface area (Å²) >= 11 is 0. The second kappa shape index (κ2) is 5.80. The highest BCUT2D eigenvalue weighted by molar-refractivity contribution is 5.91. The van der Waals surface area contributed by atoms with Crippen molar-refractivity contribution < 1.29 is 4.74 Å². The average Bonchev–Trinajstić information content (AvgIpc) is 2.98. The van der Waals surface area contributed by atoms with Crippen molar-refractivity contribution in [3.8, 4) is 0 Å². The van der Waals surface area contributed by atoms with Crippen LogP contribution in [0.5, 0.6) is 0 Å². The van der Waals surface area contributed by atoms with Crippen molar-refractivity contribution in [2.75, 3.05) is 31.7 Å². The minimum absolute atomic E-state index is 0.650. The molecule has 0 aliphatic carbocycles. The molecule has 0 amide bonds. The van der Waals surface area contributed by atoms with E-state index in [2.05, 4.69) is 49.2 Å². The van der Waals surface area contributed by atoms with E-state index < -0.39 is 0 Å². The first kappa shape index (κ1) is 13.4. The molecule has 0 spiro atoms. The monoisotopic (exact) mass is 270 g/mol. The van der Waals surface area contributed by atoms with Crippen molar-refractivity contribution in [3.63, 3.8) is 0 Å². The first-order valence-electron chi connectivity index (χ1n) is 7.45. The standard InChI is InChI=1S/C17H22N2O/c1-3-14-10-17(15-6-4-5-7-16(15)18-14)19(2)11-13-8-9-20-12-13/h4-7,10,13H,3,8-9,11-12H2,1-2H3. The molecule has 1 unspecified atom stereocenters. The van der Waals surface area contributed by atoms with Gasteiger partial charge in [0.05, 0.1) is 12.1 Å². The molecule has 1 aliphatic heterocycles. The Morgan fingerprint density at radius 1 is 1.35 bits per heavy atom. The normalized spacial score (nSPS) is 18.6. The maximum absolute atomic E-state index is 5.49. The summed E-state index contributed by atoms with van der Waals surface area (Å²) in [6.45, 7) is 5.02. The molecule has 1 fully saturated rings. The van der Waals surface area contributed by atoms with Gasteiger partial charge in [0.25, 0.3) is 0 Å². The molecule has 1 aliphatic rings. The molecule has 1 atom stereocenters. The zero-order chi connectivity index (χ0) is 13.9. The number of hydrogen-bond acceptors (Lipinski definition) is 3. The van der Waals surface area contributed by atoms with Gasteiger partial charge in [0.15, 0.2) is 0 Å². The maximum Gasteiger partial charge on any atom is 0.0726 e. The van der Waals surface area contributed by atoms with E-state index in [4.69, 9.17) is 9.72 Å². The van der Waals surface area contributed by atoms with Crippen LogP contribution in [0, 0.1) is 5.92 Å². The topological polar surface area (TPSA) is 25.4 Å². The van der Waals surface area contributed by atoms with Gasteiger partial charge in [-0.3, -0.25) is 4.98 Å². The van der Waals surface area contributed by atoms with E-state index in [-0.39, 0.29) is 0 Å². The van der Waals surface area contributed by atoms with E-state index in [1.807, 2.05) is 0 Å². The average molecular weight is 270 g/mol. The lowest BCUT2D eigenvalue weighted by Crippen LogP contribution is -2.26. The number of ether oxygens (including phenoxy) is 1. The number of aryl methyl sites for hydroxylation is 1. The molecule has 3 heteroatoms. The first-order chi connectivity index (χ1) is 9.78. The first-order valence-corrected chi connectivity index (χ1v) is 7.45. The van der Waals surface area contributed by atoms with Crippen LogP contribution in [-0.4, -0.2) is 31.8 Å². The number of para-hydroxylation sites is 1. The molecule has 3 rings (SSSR count). The Bertz CT molecular complexity index is 591. The zero-order valence-electron chi connectivity index (χ0n) is 12.3. The Balaban J connectivity index is 1.95. The number of aromatic nitrogens is 1. The van der Waals surface area contributed by atoms with Crippen LogP contribution in [0.15, 0.2) is 30.3 Å². The fourth-order valence-corrected chi connectivity index (χ4v) is 2.92. The van der Waals surface area contributed by atoms with Crippen LogP contribution in [0.25, 0.3) is 10.9 Å². The fourth-order valence-electron chi connectivity index (χ4n) is 2.92. The summed E-state index contributed by atoms with van der Waals surface area (Å²) in [4.78, 5) is 7.08. The van der Waals surface area contributed by atoms with Crippen molar-refractivity contribution in [2.24, 2.45) is 5.92 Å². The molecule has 2 heterocycles. The smallest absolute Gasteiger partial charge is 0.0726 e. The zero-order valence-corrected chi connectivity index (χ0v) is 12.3. The van der Waals surface area contributed by atoms with Crippen LogP contribution in [0.3, 0.4) is 0 Å². The number of anilines is 1. The van der Waals surface area contributed by atoms with E-state index in [0.717, 1.165) is 37.4 Å². The Morgan fingerprint density at radius 2 is 2.20 bits per heavy atom. The Labute approximate surface area is 120 Å². The second-order valence-corrected chi connectivity index (χ2v) is 5.61. The van der Waals surface area contributed by atoms with Crippen molar-refractivity contribution in [3.05, 3.63) is 36.0 Å². The molecular weight excluding hydrogens is 248 g/mol. The van der Waals surface area contributed by atoms with Gasteiger partial charge in [-0.05, 0) is 25.0 Å². The molecule has 1 saturated heterocycles. The van der Waals surface area contributed by atoms with E-state index in [1.54, 1.807) is 0 Å². The van der Waals surface area contributed by atoms with Crippen LogP contribution in [-0.2, 0) is 11.2 Å². The fraction of sp³-hybridized carbons (Fsp3) is 0.471. The van der Waals surface area contributed by atoms with Gasteiger partial charge in [-0.2, -0.15) is 0 Å². The summed E-state index contributed by atoms with van der Waals surface area (Å²) in [6.07, 6.45) is 2.15. The Kier molecular flexibility index (Phi) is 3.88. The Hall–Kier alpha value is -1.61. The minimum atomic E-state index is 0.650. The van der Waals surface area contributed by atoms with E-state index >= 15 is 0 Å². The van der Waals surface area contributed by atoms with E-state index in [9.17, 15) is 0 Å². The number of rotatable bonds is 4. The summed E-state index contributed by atoms with van der Waals surface area (Å²) in [7, 11) is 2.18. The van der Waals surface area contributed by atoms with E-state index in [1.165, 1.54) is 17.5 Å². The Morgan fingerprint density at radius 3 is 2.95 bits per heavy atom. The summed E-state index contributed by atoms with van der Waals surface area (Å²) in [5, 5.41) is 1.24. The quantitative estimate of drug-likeness (QED) is 0.852. The van der Waals surface area contributed by atoms with Gasteiger partial charge >= 0.3 is 0 Å². The van der Waals surface area contributed by atoms with Gasteiger partial charge in [-0.25, -0.2) is 0 Å². The van der Waals surface area contributed by atoms with Crippen molar-refractivity contribution in [1.82, 2.24) is 4.98 Å². The number of fused-ring (bicyclic) bond motifs is 1. The van der Waals surface area contributed by atoms with Crippen LogP contribution < -0.4 is 4.90 Å². The minimum Gasteiger partial charge on any atom is -0.381 e. The third-order valence-corrected chi connectivity index (χ3v) is 4.08. The molecule has 20 heavy (non-hydrogen) atoms. The lowest BCUT2D eigenvalue weighted by molar-refractivity contribution is 0.186. The molecule has 2 aromatic rings. The molecule has 106 valence electrons. The van der Waals surface area contributed by atoms with Crippen molar-refractivity contribution >= 4 is 16.6 Å². The lowest BCUT2D eigenvalue weighted by Gasteiger charge is -2.24. The van der Waals surface area contributed by atoms with Gasteiger partial charge in [-0.15, -0.1) is 0 Å². The second-order valence-electron chi connectivity index (χ2n) is 5.61. The van der Waals surface area contributed by atoms with Gasteiger partial charge in [0.2, 0.25) is 0 Å². The molecule has 0 radical (unpaired) electrons. The highest BCUT2D eigenvalue weighted by Gasteiger charge is 2.19. The van der Waals surface area contributed by atoms with Gasteiger partial charge < -0.3 is 9.64 Å². The maximum atomic E-state index is 5.49. The molecular formula is C17H22N2O. The number of benzene rings is 1. The SMILES string of the molecule is CCc1cc(N(C)CC2CCOC2)c2ccccc2n1. The molecule has 1 aromatic carbocycles. The summed E-state index contributed by atoms with van der Waals surface area (Å²) in [5.41, 5.74) is 3.55. The van der Waals surface area contributed by atoms with Gasteiger partial charge in [-0.1, -0.05) is 25.1 Å². The molecule has 1 aromatic heterocycles. The number of nitrogens with zero attached hydrogens (tertiary/aromatic N) is 2. The van der Waals surface area contributed by atoms with E-state index in [0.29, 0.717) is 5.92 Å². The number of hydrogen-bond donors (Lipinski definition) is 0. The van der Waals surface area contributed by atoms with Crippen LogP contribution >= 0.6 is 0 Å². The summed E-state index contributed by atoms with van der Waals surface area (Å²) in [6, 6.07) is 10.6. The largest absolute Gasteiger partial charge is 0.381 e. The third kappa shape index (κ3) is 2.63. The number of pyridine rings is 1. The van der Waals surface area contributed by atoms with Crippen LogP contribution in [0.4, 0.5) is 5.69 Å². The molecule has 0 N–H and O–H groups in total. The predicted octanol–water partition coefficient (Wildman–Crippen LogP) is 3.27. The van der Waals surface area contributed by atoms with Crippen LogP contribution in [0.2, 0.25) is 0 Å². The molecule has 3 nitrogen and oxygen atoms in total. The van der Waals surface area contributed by atoms with Gasteiger partial charge in [0.1, 0.15) is 0 Å². The lowest BCUT2D eigenvalue weighted by atomic mass is 10.1. The highest BCUT2D eigenvalue weighted by atomic mass is 16.5. The third-order valence-electron chi connectivity index (χ3n) is 4.08. The van der Waals surface area contributed by atoms with Crippen molar-refractivity contribution in [1.29, 1.82) is 0 Å². The predicted molar refractivity (Wildman–Crippen MR) is 83.3 cm³/mol. The summed E-state index contributed by atoms with van der Waals surface area (Å²) < 4.78 is 5.49. The molecule has 0 saturated carbocycles. The van der Waals surface area contributed by atoms with Crippen LogP contribution in [0.1, 0.15) is 19.0 Å². The van der Waals surface area contributed by atoms with Crippen molar-refractivity contribution in [2.45, 2.75) is 19.8 Å². The highest BCUT2D eigenvalue weighted by Crippen LogP contribution is 2.27. The molecule has 0 bridgehead atoms.